The third-order valence-corrected chi connectivity index (χ3v) is 3.49. The Bertz CT molecular complexity index is 367. The Morgan fingerprint density at radius 2 is 2.14 bits per heavy atom. The Morgan fingerprint density at radius 1 is 1.29 bits per heavy atom. The minimum Gasteiger partial charge on any atom is -0.508 e. The van der Waals surface area contributed by atoms with Crippen molar-refractivity contribution in [3.05, 3.63) is 29.3 Å². The lowest BCUT2D eigenvalue weighted by molar-refractivity contribution is -0.114. The predicted molar refractivity (Wildman–Crippen MR) is 53.3 cm³/mol. The highest BCUT2D eigenvalue weighted by Gasteiger charge is 2.43. The molecule has 1 aliphatic carbocycles. The average molecular weight is 190 g/mol. The highest BCUT2D eigenvalue weighted by molar-refractivity contribution is 5.41. The fourth-order valence-corrected chi connectivity index (χ4v) is 2.58. The molecule has 0 atom stereocenters. The molecule has 0 unspecified atom stereocenters. The van der Waals surface area contributed by atoms with E-state index in [2.05, 4.69) is 0 Å². The normalized spacial score (nSPS) is 22.9. The number of phenolic OH excluding ortho intramolecular Hbond substituents is 1. The van der Waals surface area contributed by atoms with Gasteiger partial charge in [0.1, 0.15) is 5.75 Å². The largest absolute Gasteiger partial charge is 0.508 e. The molecule has 0 saturated heterocycles. The Labute approximate surface area is 83.5 Å². The summed E-state index contributed by atoms with van der Waals surface area (Å²) in [4.78, 5) is 0. The minimum absolute atomic E-state index is 0.0152. The molecule has 74 valence electrons. The predicted octanol–water partition coefficient (Wildman–Crippen LogP) is 2.34. The monoisotopic (exact) mass is 190 g/mol. The summed E-state index contributed by atoms with van der Waals surface area (Å²) in [6, 6.07) is 5.69. The number of hydrogen-bond acceptors (Lipinski definition) is 2. The molecule has 1 aliphatic heterocycles. The van der Waals surface area contributed by atoms with Crippen molar-refractivity contribution in [2.24, 2.45) is 0 Å². The van der Waals surface area contributed by atoms with Gasteiger partial charge in [0.15, 0.2) is 0 Å². The molecule has 1 heterocycles. The van der Waals surface area contributed by atoms with E-state index in [-0.39, 0.29) is 5.60 Å². The van der Waals surface area contributed by atoms with Crippen LogP contribution in [0.3, 0.4) is 0 Å². The van der Waals surface area contributed by atoms with E-state index in [4.69, 9.17) is 4.74 Å². The smallest absolute Gasteiger partial charge is 0.115 e. The SMILES string of the molecule is Oc1ccc2c(c1)CCOC21CCC1. The Balaban J connectivity index is 2.10. The van der Waals surface area contributed by atoms with Crippen LogP contribution in [0.4, 0.5) is 0 Å². The van der Waals surface area contributed by atoms with Gasteiger partial charge in [0.2, 0.25) is 0 Å². The fraction of sp³-hybridized carbons (Fsp3) is 0.500. The Hall–Kier alpha value is -1.02. The lowest BCUT2D eigenvalue weighted by Gasteiger charge is -2.45. The molecular formula is C12H14O2. The molecule has 0 aromatic heterocycles. The molecule has 1 aromatic carbocycles. The molecule has 1 N–H and O–H groups in total. The molecule has 1 aromatic rings. The van der Waals surface area contributed by atoms with Crippen LogP contribution >= 0.6 is 0 Å². The summed E-state index contributed by atoms with van der Waals surface area (Å²) in [5, 5.41) is 9.41. The van der Waals surface area contributed by atoms with Gasteiger partial charge in [-0.2, -0.15) is 0 Å². The number of aromatic hydroxyl groups is 1. The van der Waals surface area contributed by atoms with E-state index in [0.29, 0.717) is 5.75 Å². The van der Waals surface area contributed by atoms with E-state index in [1.54, 1.807) is 6.07 Å². The second-order valence-electron chi connectivity index (χ2n) is 4.29. The van der Waals surface area contributed by atoms with Crippen LogP contribution in [0, 0.1) is 0 Å². The molecule has 0 amide bonds. The second-order valence-corrected chi connectivity index (χ2v) is 4.29. The van der Waals surface area contributed by atoms with Gasteiger partial charge >= 0.3 is 0 Å². The maximum atomic E-state index is 9.41. The quantitative estimate of drug-likeness (QED) is 0.680. The second kappa shape index (κ2) is 2.74. The summed E-state index contributed by atoms with van der Waals surface area (Å²) in [6.07, 6.45) is 4.49. The van der Waals surface area contributed by atoms with Crippen LogP contribution in [0.5, 0.6) is 5.75 Å². The summed E-state index contributed by atoms with van der Waals surface area (Å²) in [5.41, 5.74) is 2.60. The summed E-state index contributed by atoms with van der Waals surface area (Å²) in [5.74, 6) is 0.375. The van der Waals surface area contributed by atoms with Crippen molar-refractivity contribution in [2.45, 2.75) is 31.3 Å². The zero-order valence-electron chi connectivity index (χ0n) is 8.12. The van der Waals surface area contributed by atoms with Crippen LogP contribution in [-0.4, -0.2) is 11.7 Å². The summed E-state index contributed by atoms with van der Waals surface area (Å²) >= 11 is 0. The van der Waals surface area contributed by atoms with Crippen LogP contribution in [-0.2, 0) is 16.8 Å². The maximum Gasteiger partial charge on any atom is 0.115 e. The van der Waals surface area contributed by atoms with Gasteiger partial charge < -0.3 is 9.84 Å². The van der Waals surface area contributed by atoms with Gasteiger partial charge in [-0.1, -0.05) is 6.07 Å². The number of benzene rings is 1. The van der Waals surface area contributed by atoms with Gasteiger partial charge in [-0.25, -0.2) is 0 Å². The lowest BCUT2D eigenvalue weighted by Crippen LogP contribution is -2.41. The molecule has 2 aliphatic rings. The van der Waals surface area contributed by atoms with E-state index in [1.165, 1.54) is 17.5 Å². The Morgan fingerprint density at radius 3 is 2.86 bits per heavy atom. The van der Waals surface area contributed by atoms with Gasteiger partial charge in [0, 0.05) is 0 Å². The molecule has 1 spiro atoms. The number of fused-ring (bicyclic) bond motifs is 2. The molecule has 2 heteroatoms. The zero-order chi connectivity index (χ0) is 9.60. The van der Waals surface area contributed by atoms with Crippen LogP contribution < -0.4 is 0 Å². The zero-order valence-corrected chi connectivity index (χ0v) is 8.12. The van der Waals surface area contributed by atoms with E-state index >= 15 is 0 Å². The highest BCUT2D eigenvalue weighted by Crippen LogP contribution is 2.48. The van der Waals surface area contributed by atoms with Gasteiger partial charge in [-0.05, 0) is 48.9 Å². The molecule has 2 nitrogen and oxygen atoms in total. The standard InChI is InChI=1S/C12H14O2/c13-10-2-3-11-9(8-10)4-7-14-12(11)5-1-6-12/h2-3,8,13H,1,4-7H2. The van der Waals surface area contributed by atoms with Crippen molar-refractivity contribution in [1.29, 1.82) is 0 Å². The van der Waals surface area contributed by atoms with Crippen molar-refractivity contribution >= 4 is 0 Å². The van der Waals surface area contributed by atoms with Crippen molar-refractivity contribution in [2.75, 3.05) is 6.61 Å². The molecule has 14 heavy (non-hydrogen) atoms. The Kier molecular flexibility index (Phi) is 1.62. The summed E-state index contributed by atoms with van der Waals surface area (Å²) in [6.45, 7) is 0.802. The van der Waals surface area contributed by atoms with E-state index in [0.717, 1.165) is 25.9 Å². The summed E-state index contributed by atoms with van der Waals surface area (Å²) in [7, 11) is 0. The lowest BCUT2D eigenvalue weighted by atomic mass is 9.71. The molecule has 3 rings (SSSR count). The molecule has 0 radical (unpaired) electrons. The topological polar surface area (TPSA) is 29.5 Å². The summed E-state index contributed by atoms with van der Waals surface area (Å²) < 4.78 is 5.89. The van der Waals surface area contributed by atoms with E-state index in [9.17, 15) is 5.11 Å². The number of hydrogen-bond donors (Lipinski definition) is 1. The van der Waals surface area contributed by atoms with Crippen LogP contribution in [0.2, 0.25) is 0 Å². The van der Waals surface area contributed by atoms with Crippen molar-refractivity contribution in [1.82, 2.24) is 0 Å². The first-order valence-electron chi connectivity index (χ1n) is 5.27. The molecular weight excluding hydrogens is 176 g/mol. The van der Waals surface area contributed by atoms with Crippen LogP contribution in [0.1, 0.15) is 30.4 Å². The third-order valence-electron chi connectivity index (χ3n) is 3.49. The van der Waals surface area contributed by atoms with Crippen molar-refractivity contribution in [3.8, 4) is 5.75 Å². The first-order valence-corrected chi connectivity index (χ1v) is 5.27. The van der Waals surface area contributed by atoms with Crippen molar-refractivity contribution in [3.63, 3.8) is 0 Å². The van der Waals surface area contributed by atoms with Gasteiger partial charge in [0.25, 0.3) is 0 Å². The fourth-order valence-electron chi connectivity index (χ4n) is 2.58. The molecule has 0 bridgehead atoms. The first-order chi connectivity index (χ1) is 6.80. The maximum absolute atomic E-state index is 9.41. The number of ether oxygens (including phenoxy) is 1. The number of rotatable bonds is 0. The van der Waals surface area contributed by atoms with Crippen molar-refractivity contribution < 1.29 is 9.84 Å². The average Bonchev–Trinajstić information content (AvgIpc) is 2.13. The van der Waals surface area contributed by atoms with Gasteiger partial charge in [0.05, 0.1) is 12.2 Å². The molecule has 1 saturated carbocycles. The van der Waals surface area contributed by atoms with Crippen LogP contribution in [0.15, 0.2) is 18.2 Å². The highest BCUT2D eigenvalue weighted by atomic mass is 16.5. The number of phenols is 1. The molecule has 1 fully saturated rings. The minimum atomic E-state index is 0.0152. The third kappa shape index (κ3) is 1.01. The van der Waals surface area contributed by atoms with Crippen LogP contribution in [0.25, 0.3) is 0 Å². The van der Waals surface area contributed by atoms with E-state index in [1.807, 2.05) is 12.1 Å². The van der Waals surface area contributed by atoms with E-state index < -0.39 is 0 Å². The first kappa shape index (κ1) is 8.30. The van der Waals surface area contributed by atoms with Gasteiger partial charge in [-0.15, -0.1) is 0 Å². The van der Waals surface area contributed by atoms with Gasteiger partial charge in [-0.3, -0.25) is 0 Å².